The Kier molecular flexibility index (Phi) is 6.66. The molecule has 1 unspecified atom stereocenters. The van der Waals surface area contributed by atoms with Crippen molar-refractivity contribution in [2.75, 3.05) is 33.2 Å². The van der Waals surface area contributed by atoms with Crippen LogP contribution in [-0.4, -0.2) is 69.2 Å². The lowest BCUT2D eigenvalue weighted by molar-refractivity contribution is -0.130. The number of aliphatic hydroxyl groups is 1. The van der Waals surface area contributed by atoms with E-state index in [0.717, 1.165) is 38.0 Å². The molecule has 5 rings (SSSR count). The van der Waals surface area contributed by atoms with E-state index in [2.05, 4.69) is 60.0 Å². The number of aromatic nitrogens is 3. The third-order valence-electron chi connectivity index (χ3n) is 8.18. The zero-order chi connectivity index (χ0) is 26.4. The highest BCUT2D eigenvalue weighted by Gasteiger charge is 2.55. The van der Waals surface area contributed by atoms with Crippen molar-refractivity contribution in [1.82, 2.24) is 24.9 Å². The largest absolute Gasteiger partial charge is 0.380 e. The standard InChI is InChI=1S/C29H37N5O3/c1-19(2)21-8-10-24(11-9-21)29(36,28(4)17-33(5)18-28)25-13-23(14-30-15-25)26-31-27(37-32-26)22-7-6-12-34(16-22)20(3)35/h8-11,13-15,19,22,36H,6-7,12,16-18H2,1-5H3/t22?,29-/m0/s1. The van der Waals surface area contributed by atoms with E-state index in [0.29, 0.717) is 35.3 Å². The molecule has 1 amide bonds. The van der Waals surface area contributed by atoms with Gasteiger partial charge in [-0.2, -0.15) is 4.98 Å². The van der Waals surface area contributed by atoms with Crippen molar-refractivity contribution in [3.8, 4) is 11.4 Å². The molecular weight excluding hydrogens is 466 g/mol. The molecule has 2 fully saturated rings. The summed E-state index contributed by atoms with van der Waals surface area (Å²) in [5.41, 5.74) is 1.87. The van der Waals surface area contributed by atoms with Crippen LogP contribution in [0.2, 0.25) is 0 Å². The molecule has 3 aromatic rings. The topological polar surface area (TPSA) is 95.6 Å². The Morgan fingerprint density at radius 2 is 1.92 bits per heavy atom. The molecule has 2 atom stereocenters. The van der Waals surface area contributed by atoms with Gasteiger partial charge in [-0.1, -0.05) is 50.2 Å². The van der Waals surface area contributed by atoms with Crippen LogP contribution in [0.3, 0.4) is 0 Å². The molecule has 0 aliphatic carbocycles. The number of hydrogen-bond acceptors (Lipinski definition) is 7. The molecule has 4 heterocycles. The molecule has 0 spiro atoms. The first-order chi connectivity index (χ1) is 17.6. The van der Waals surface area contributed by atoms with Gasteiger partial charge in [0.2, 0.25) is 17.6 Å². The van der Waals surface area contributed by atoms with Crippen LogP contribution in [0, 0.1) is 5.41 Å². The Hall–Kier alpha value is -3.10. The van der Waals surface area contributed by atoms with Gasteiger partial charge in [-0.15, -0.1) is 0 Å². The van der Waals surface area contributed by atoms with Crippen molar-refractivity contribution in [2.24, 2.45) is 5.41 Å². The molecule has 2 saturated heterocycles. The lowest BCUT2D eigenvalue weighted by Gasteiger charge is -2.55. The van der Waals surface area contributed by atoms with Gasteiger partial charge in [0.05, 0.1) is 5.92 Å². The quantitative estimate of drug-likeness (QED) is 0.539. The summed E-state index contributed by atoms with van der Waals surface area (Å²) in [7, 11) is 2.07. The smallest absolute Gasteiger partial charge is 0.231 e. The van der Waals surface area contributed by atoms with Gasteiger partial charge in [0.25, 0.3) is 0 Å². The second-order valence-electron chi connectivity index (χ2n) is 11.4. The molecule has 8 heteroatoms. The third kappa shape index (κ3) is 4.57. The fourth-order valence-electron chi connectivity index (χ4n) is 6.09. The van der Waals surface area contributed by atoms with E-state index in [4.69, 9.17) is 4.52 Å². The van der Waals surface area contributed by atoms with Crippen LogP contribution in [0.15, 0.2) is 47.2 Å². The number of piperidine rings is 1. The van der Waals surface area contributed by atoms with Crippen molar-refractivity contribution in [2.45, 2.75) is 58.0 Å². The van der Waals surface area contributed by atoms with E-state index in [1.165, 1.54) is 5.56 Å². The molecule has 2 aliphatic rings. The summed E-state index contributed by atoms with van der Waals surface area (Å²) >= 11 is 0. The van der Waals surface area contributed by atoms with E-state index in [1.54, 1.807) is 19.3 Å². The normalized spacial score (nSPS) is 21.5. The molecule has 1 N–H and O–H groups in total. The molecule has 0 radical (unpaired) electrons. The van der Waals surface area contributed by atoms with Crippen molar-refractivity contribution in [1.29, 1.82) is 0 Å². The first kappa shape index (κ1) is 25.5. The van der Waals surface area contributed by atoms with Gasteiger partial charge in [-0.25, -0.2) is 0 Å². The number of likely N-dealkylation sites (tertiary alicyclic amines) is 2. The highest BCUT2D eigenvalue weighted by Crippen LogP contribution is 2.50. The fraction of sp³-hybridized carbons (Fsp3) is 0.517. The molecule has 8 nitrogen and oxygen atoms in total. The lowest BCUT2D eigenvalue weighted by Crippen LogP contribution is -2.63. The number of pyridine rings is 1. The predicted molar refractivity (Wildman–Crippen MR) is 141 cm³/mol. The number of hydrogen-bond donors (Lipinski definition) is 1. The summed E-state index contributed by atoms with van der Waals surface area (Å²) in [6, 6.07) is 10.2. The Bertz CT molecular complexity index is 1260. The molecule has 1 aromatic carbocycles. The van der Waals surface area contributed by atoms with E-state index < -0.39 is 5.60 Å². The summed E-state index contributed by atoms with van der Waals surface area (Å²) < 4.78 is 5.65. The molecular formula is C29H37N5O3. The average Bonchev–Trinajstić information content (AvgIpc) is 3.38. The van der Waals surface area contributed by atoms with Crippen molar-refractivity contribution < 1.29 is 14.4 Å². The van der Waals surface area contributed by atoms with Crippen LogP contribution in [-0.2, 0) is 10.4 Å². The van der Waals surface area contributed by atoms with Crippen molar-refractivity contribution in [3.63, 3.8) is 0 Å². The fourth-order valence-corrected chi connectivity index (χ4v) is 6.09. The minimum absolute atomic E-state index is 0.0240. The van der Waals surface area contributed by atoms with Crippen LogP contribution in [0.4, 0.5) is 0 Å². The summed E-state index contributed by atoms with van der Waals surface area (Å²) in [5.74, 6) is 1.49. The van der Waals surface area contributed by atoms with E-state index in [9.17, 15) is 9.90 Å². The predicted octanol–water partition coefficient (Wildman–Crippen LogP) is 4.17. The van der Waals surface area contributed by atoms with E-state index in [-0.39, 0.29) is 17.2 Å². The monoisotopic (exact) mass is 503 g/mol. The molecule has 0 saturated carbocycles. The highest BCUT2D eigenvalue weighted by molar-refractivity contribution is 5.73. The molecule has 196 valence electrons. The van der Waals surface area contributed by atoms with Gasteiger partial charge in [-0.05, 0) is 43.0 Å². The van der Waals surface area contributed by atoms with Gasteiger partial charge in [0.1, 0.15) is 5.60 Å². The van der Waals surface area contributed by atoms with Crippen molar-refractivity contribution in [3.05, 3.63) is 65.3 Å². The minimum Gasteiger partial charge on any atom is -0.380 e. The molecule has 2 aromatic heterocycles. The zero-order valence-electron chi connectivity index (χ0n) is 22.4. The summed E-state index contributed by atoms with van der Waals surface area (Å²) in [6.45, 7) is 10.9. The van der Waals surface area contributed by atoms with Crippen LogP contribution < -0.4 is 0 Å². The average molecular weight is 504 g/mol. The zero-order valence-corrected chi connectivity index (χ0v) is 22.4. The molecule has 2 aliphatic heterocycles. The van der Waals surface area contributed by atoms with Crippen LogP contribution in [0.25, 0.3) is 11.4 Å². The van der Waals surface area contributed by atoms with Crippen LogP contribution in [0.1, 0.15) is 75.0 Å². The maximum Gasteiger partial charge on any atom is 0.231 e. The number of benzene rings is 1. The first-order valence-electron chi connectivity index (χ1n) is 13.2. The molecule has 0 bridgehead atoms. The summed E-state index contributed by atoms with van der Waals surface area (Å²) in [4.78, 5) is 25.1. The van der Waals surface area contributed by atoms with Crippen molar-refractivity contribution >= 4 is 5.91 Å². The van der Waals surface area contributed by atoms with E-state index >= 15 is 0 Å². The second-order valence-corrected chi connectivity index (χ2v) is 11.4. The lowest BCUT2D eigenvalue weighted by atomic mass is 9.62. The number of rotatable bonds is 6. The number of carbonyl (C=O) groups is 1. The van der Waals surface area contributed by atoms with Gasteiger partial charge in [0, 0.05) is 62.0 Å². The van der Waals surface area contributed by atoms with Gasteiger partial charge in [-0.3, -0.25) is 9.78 Å². The van der Waals surface area contributed by atoms with Gasteiger partial charge < -0.3 is 19.4 Å². The minimum atomic E-state index is -1.24. The third-order valence-corrected chi connectivity index (χ3v) is 8.18. The number of carbonyl (C=O) groups excluding carboxylic acids is 1. The van der Waals surface area contributed by atoms with Gasteiger partial charge >= 0.3 is 0 Å². The summed E-state index contributed by atoms with van der Waals surface area (Å²) in [6.07, 6.45) is 5.27. The maximum atomic E-state index is 12.5. The van der Waals surface area contributed by atoms with Crippen LogP contribution >= 0.6 is 0 Å². The van der Waals surface area contributed by atoms with Gasteiger partial charge in [0.15, 0.2) is 0 Å². The first-order valence-corrected chi connectivity index (χ1v) is 13.2. The molecule has 37 heavy (non-hydrogen) atoms. The van der Waals surface area contributed by atoms with Crippen LogP contribution in [0.5, 0.6) is 0 Å². The van der Waals surface area contributed by atoms with E-state index in [1.807, 2.05) is 23.1 Å². The Morgan fingerprint density at radius 3 is 2.57 bits per heavy atom. The maximum absolute atomic E-state index is 12.5. The summed E-state index contributed by atoms with van der Waals surface area (Å²) in [5, 5.41) is 16.7. The Morgan fingerprint density at radius 1 is 1.19 bits per heavy atom. The Balaban J connectivity index is 1.49. The highest BCUT2D eigenvalue weighted by atomic mass is 16.5. The number of nitrogens with zero attached hydrogens (tertiary/aromatic N) is 5. The number of amides is 1. The second kappa shape index (κ2) is 9.65. The SMILES string of the molecule is CC(=O)N1CCCC(c2nc(-c3cncc([C@@](O)(c4ccc(C(C)C)cc4)C4(C)CN(C)C4)c3)no2)C1. The Labute approximate surface area is 218 Å².